The van der Waals surface area contributed by atoms with Crippen molar-refractivity contribution in [1.82, 2.24) is 9.80 Å². The molecule has 176 valence electrons. The van der Waals surface area contributed by atoms with Crippen LogP contribution in [0.3, 0.4) is 0 Å². The summed E-state index contributed by atoms with van der Waals surface area (Å²) in [7, 11) is 1.66. The smallest absolute Gasteiger partial charge is 0.253 e. The predicted molar refractivity (Wildman–Crippen MR) is 132 cm³/mol. The fraction of sp³-hybridized carbons (Fsp3) is 0.308. The number of hydrogen-bond donors (Lipinski definition) is 0. The van der Waals surface area contributed by atoms with Gasteiger partial charge in [0.1, 0.15) is 16.9 Å². The van der Waals surface area contributed by atoms with E-state index in [2.05, 4.69) is 17.0 Å². The molecule has 3 heterocycles. The summed E-state index contributed by atoms with van der Waals surface area (Å²) < 4.78 is 10.7. The van der Waals surface area contributed by atoms with Crippen molar-refractivity contribution in [3.63, 3.8) is 0 Å². The molecule has 8 heteroatoms. The Labute approximate surface area is 203 Å². The van der Waals surface area contributed by atoms with Crippen molar-refractivity contribution in [1.29, 1.82) is 0 Å². The molecule has 0 saturated carbocycles. The lowest BCUT2D eigenvalue weighted by Gasteiger charge is -2.36. The number of carbonyl (C=O) groups excluding carboxylic acids is 2. The third-order valence-corrected chi connectivity index (χ3v) is 7.58. The van der Waals surface area contributed by atoms with Gasteiger partial charge in [-0.1, -0.05) is 12.1 Å². The van der Waals surface area contributed by atoms with Crippen LogP contribution in [0.25, 0.3) is 0 Å². The van der Waals surface area contributed by atoms with Crippen molar-refractivity contribution in [2.45, 2.75) is 11.9 Å². The number of thioether (sulfide) groups is 1. The van der Waals surface area contributed by atoms with Crippen LogP contribution in [-0.4, -0.2) is 60.7 Å². The number of piperazine rings is 1. The third-order valence-electron chi connectivity index (χ3n) is 6.32. The Bertz CT molecular complexity index is 1120. The number of amides is 2. The lowest BCUT2D eigenvalue weighted by atomic mass is 10.1. The van der Waals surface area contributed by atoms with E-state index in [0.29, 0.717) is 31.0 Å². The molecule has 5 rings (SSSR count). The molecule has 2 fully saturated rings. The third kappa shape index (κ3) is 4.63. The van der Waals surface area contributed by atoms with Gasteiger partial charge in [0.25, 0.3) is 5.91 Å². The molecule has 7 nitrogen and oxygen atoms in total. The number of methoxy groups -OCH3 is 1. The molecule has 0 N–H and O–H groups in total. The van der Waals surface area contributed by atoms with E-state index < -0.39 is 0 Å². The van der Waals surface area contributed by atoms with Crippen LogP contribution in [0, 0.1) is 0 Å². The normalized spacial score (nSPS) is 18.4. The standard InChI is InChI=1S/C26H27N3O4S/c1-32-22-10-8-21(9-11-22)27-12-14-28(15-13-27)25(31)19-4-6-20(7-5-19)26-29(24(30)18-34-26)17-23-3-2-16-33-23/h2-11,16,26H,12-15,17-18H2,1H3/t26-/m1/s1. The Morgan fingerprint density at radius 3 is 2.41 bits per heavy atom. The number of anilines is 1. The fourth-order valence-electron chi connectivity index (χ4n) is 4.41. The minimum absolute atomic E-state index is 0.0449. The second kappa shape index (κ2) is 9.85. The fourth-order valence-corrected chi connectivity index (χ4v) is 5.59. The maximum Gasteiger partial charge on any atom is 0.253 e. The molecule has 3 aromatic rings. The molecule has 2 aliphatic heterocycles. The molecule has 0 spiro atoms. The van der Waals surface area contributed by atoms with Crippen LogP contribution in [-0.2, 0) is 11.3 Å². The van der Waals surface area contributed by atoms with Crippen molar-refractivity contribution in [3.05, 3.63) is 83.8 Å². The average Bonchev–Trinajstić information content (AvgIpc) is 3.54. The van der Waals surface area contributed by atoms with Gasteiger partial charge in [-0.25, -0.2) is 0 Å². The Morgan fingerprint density at radius 2 is 1.76 bits per heavy atom. The molecule has 1 aromatic heterocycles. The first-order chi connectivity index (χ1) is 16.6. The van der Waals surface area contributed by atoms with Crippen LogP contribution in [0.1, 0.15) is 27.1 Å². The number of benzene rings is 2. The highest BCUT2D eigenvalue weighted by atomic mass is 32.2. The first kappa shape index (κ1) is 22.4. The lowest BCUT2D eigenvalue weighted by molar-refractivity contribution is -0.128. The maximum atomic E-state index is 13.1. The Hall–Kier alpha value is -3.39. The van der Waals surface area contributed by atoms with Crippen LogP contribution >= 0.6 is 11.8 Å². The molecular formula is C26H27N3O4S. The first-order valence-electron chi connectivity index (χ1n) is 11.3. The Balaban J connectivity index is 1.20. The molecule has 2 aliphatic rings. The second-order valence-electron chi connectivity index (χ2n) is 8.36. The van der Waals surface area contributed by atoms with E-state index in [1.54, 1.807) is 25.1 Å². The minimum atomic E-state index is -0.0743. The summed E-state index contributed by atoms with van der Waals surface area (Å²) in [5.74, 6) is 2.20. The molecule has 0 unspecified atom stereocenters. The Kier molecular flexibility index (Phi) is 6.49. The van der Waals surface area contributed by atoms with E-state index >= 15 is 0 Å². The highest BCUT2D eigenvalue weighted by molar-refractivity contribution is 8.00. The molecule has 1 atom stereocenters. The largest absolute Gasteiger partial charge is 0.497 e. The monoisotopic (exact) mass is 477 g/mol. The summed E-state index contributed by atoms with van der Waals surface area (Å²) in [6.07, 6.45) is 1.62. The average molecular weight is 478 g/mol. The molecule has 0 radical (unpaired) electrons. The van der Waals surface area contributed by atoms with Gasteiger partial charge in [0.05, 0.1) is 25.7 Å². The summed E-state index contributed by atoms with van der Waals surface area (Å²) in [5, 5.41) is -0.0743. The number of carbonyl (C=O) groups is 2. The van der Waals surface area contributed by atoms with E-state index in [4.69, 9.17) is 9.15 Å². The van der Waals surface area contributed by atoms with Crippen molar-refractivity contribution >= 4 is 29.3 Å². The molecule has 2 saturated heterocycles. The SMILES string of the molecule is COc1ccc(N2CCN(C(=O)c3ccc([C@H]4SCC(=O)N4Cc4ccco4)cc3)CC2)cc1. The van der Waals surface area contributed by atoms with E-state index in [1.807, 2.05) is 58.3 Å². The van der Waals surface area contributed by atoms with Crippen molar-refractivity contribution in [3.8, 4) is 5.75 Å². The zero-order chi connectivity index (χ0) is 23.5. The number of ether oxygens (including phenoxy) is 1. The number of furan rings is 1. The van der Waals surface area contributed by atoms with Crippen molar-refractivity contribution in [2.75, 3.05) is 43.9 Å². The van der Waals surface area contributed by atoms with Gasteiger partial charge in [-0.15, -0.1) is 11.8 Å². The van der Waals surface area contributed by atoms with E-state index in [1.165, 1.54) is 0 Å². The number of hydrogen-bond acceptors (Lipinski definition) is 6. The van der Waals surface area contributed by atoms with Gasteiger partial charge in [-0.2, -0.15) is 0 Å². The zero-order valence-corrected chi connectivity index (χ0v) is 19.9. The number of nitrogens with zero attached hydrogens (tertiary/aromatic N) is 3. The summed E-state index contributed by atoms with van der Waals surface area (Å²) in [6, 6.07) is 19.4. The summed E-state index contributed by atoms with van der Waals surface area (Å²) >= 11 is 1.60. The van der Waals surface area contributed by atoms with Gasteiger partial charge < -0.3 is 23.9 Å². The first-order valence-corrected chi connectivity index (χ1v) is 12.4. The van der Waals surface area contributed by atoms with Crippen LogP contribution in [0.15, 0.2) is 71.3 Å². The van der Waals surface area contributed by atoms with Gasteiger partial charge in [0, 0.05) is 37.4 Å². The van der Waals surface area contributed by atoms with Crippen molar-refractivity contribution in [2.24, 2.45) is 0 Å². The molecule has 2 aromatic carbocycles. The van der Waals surface area contributed by atoms with Crippen LogP contribution in [0.2, 0.25) is 0 Å². The highest BCUT2D eigenvalue weighted by Crippen LogP contribution is 2.39. The van der Waals surface area contributed by atoms with Crippen LogP contribution in [0.5, 0.6) is 5.75 Å². The zero-order valence-electron chi connectivity index (χ0n) is 19.1. The minimum Gasteiger partial charge on any atom is -0.497 e. The van der Waals surface area contributed by atoms with E-state index in [-0.39, 0.29) is 17.2 Å². The van der Waals surface area contributed by atoms with Crippen LogP contribution in [0.4, 0.5) is 5.69 Å². The molecule has 0 bridgehead atoms. The topological polar surface area (TPSA) is 66.2 Å². The molecule has 34 heavy (non-hydrogen) atoms. The maximum absolute atomic E-state index is 13.1. The quantitative estimate of drug-likeness (QED) is 0.534. The van der Waals surface area contributed by atoms with Gasteiger partial charge >= 0.3 is 0 Å². The lowest BCUT2D eigenvalue weighted by Crippen LogP contribution is -2.48. The van der Waals surface area contributed by atoms with Crippen molar-refractivity contribution < 1.29 is 18.7 Å². The second-order valence-corrected chi connectivity index (χ2v) is 9.43. The molecular weight excluding hydrogens is 450 g/mol. The Morgan fingerprint density at radius 1 is 1.03 bits per heavy atom. The van der Waals surface area contributed by atoms with E-state index in [0.717, 1.165) is 35.9 Å². The highest BCUT2D eigenvalue weighted by Gasteiger charge is 2.33. The predicted octanol–water partition coefficient (Wildman–Crippen LogP) is 4.02. The van der Waals surface area contributed by atoms with Gasteiger partial charge in [-0.3, -0.25) is 9.59 Å². The summed E-state index contributed by atoms with van der Waals surface area (Å²) in [5.41, 5.74) is 2.83. The number of rotatable bonds is 6. The van der Waals surface area contributed by atoms with Gasteiger partial charge in [0.15, 0.2) is 0 Å². The van der Waals surface area contributed by atoms with E-state index in [9.17, 15) is 9.59 Å². The summed E-state index contributed by atoms with van der Waals surface area (Å²) in [6.45, 7) is 3.38. The molecule has 0 aliphatic carbocycles. The summed E-state index contributed by atoms with van der Waals surface area (Å²) in [4.78, 5) is 31.5. The van der Waals surface area contributed by atoms with Gasteiger partial charge in [0.2, 0.25) is 5.91 Å². The van der Waals surface area contributed by atoms with Gasteiger partial charge in [-0.05, 0) is 54.1 Å². The molecule has 2 amide bonds. The van der Waals surface area contributed by atoms with Crippen LogP contribution < -0.4 is 9.64 Å².